The van der Waals surface area contributed by atoms with Crippen molar-refractivity contribution in [2.24, 2.45) is 5.92 Å². The monoisotopic (exact) mass is 881 g/mol. The summed E-state index contributed by atoms with van der Waals surface area (Å²) in [6.45, 7) is 9.08. The summed E-state index contributed by atoms with van der Waals surface area (Å²) in [4.78, 5) is 48.3. The summed E-state index contributed by atoms with van der Waals surface area (Å²) in [5.74, 6) is 5.54. The molecule has 3 amide bonds. The van der Waals surface area contributed by atoms with Gasteiger partial charge in [0.25, 0.3) is 17.6 Å². The molecule has 3 saturated heterocycles. The number of hydrogen-bond donors (Lipinski definition) is 3. The number of piperazine rings is 1. The summed E-state index contributed by atoms with van der Waals surface area (Å²) in [5.41, 5.74) is 5.45. The van der Waals surface area contributed by atoms with Crippen molar-refractivity contribution in [2.45, 2.75) is 89.1 Å². The van der Waals surface area contributed by atoms with Crippen LogP contribution in [0.2, 0.25) is 5.02 Å². The van der Waals surface area contributed by atoms with E-state index in [0.29, 0.717) is 78.8 Å². The van der Waals surface area contributed by atoms with Gasteiger partial charge in [0.1, 0.15) is 5.65 Å². The predicted octanol–water partition coefficient (Wildman–Crippen LogP) is 7.08. The highest BCUT2D eigenvalue weighted by molar-refractivity contribution is 6.30. The van der Waals surface area contributed by atoms with Gasteiger partial charge in [-0.2, -0.15) is 0 Å². The van der Waals surface area contributed by atoms with Gasteiger partial charge >= 0.3 is 0 Å². The number of fused-ring (bicyclic) bond motifs is 4. The quantitative estimate of drug-likeness (QED) is 0.0846. The fourth-order valence-corrected chi connectivity index (χ4v) is 9.72. The van der Waals surface area contributed by atoms with E-state index in [9.17, 15) is 14.4 Å². The average molecular weight is 883 g/mol. The standard InChI is InChI=1S/C51H56ClN7O5/c1-34(2)47(37-9-11-40(52)12-10-37)50(62)58-27-21-51(22-28-58)63-44-17-7-36(29-45(44)64-51)8-18-46(60)53-23-3-4-25-57-26-20-38-30-39(31-55-48(38)57)49(61)54-24-19-35-5-15-43(16-6-35)59-32-41-13-14-42(33-59)56-41/h5-7,9-12,15-17,20,26,29-31,34,41-42,47,56H,3-4,13-14,19,21-25,27-28,32-33H2,1-2H3,(H,53,60)(H,54,61)/t41-,42+,47-/m0/s1. The van der Waals surface area contributed by atoms with Gasteiger partial charge in [-0.25, -0.2) is 4.98 Å². The van der Waals surface area contributed by atoms with E-state index in [1.54, 1.807) is 12.3 Å². The Morgan fingerprint density at radius 1 is 0.891 bits per heavy atom. The van der Waals surface area contributed by atoms with Crippen LogP contribution in [0.5, 0.6) is 11.5 Å². The van der Waals surface area contributed by atoms with Gasteiger partial charge in [-0.15, -0.1) is 0 Å². The fourth-order valence-electron chi connectivity index (χ4n) is 9.59. The molecule has 2 aromatic heterocycles. The molecule has 13 heteroatoms. The maximum absolute atomic E-state index is 13.7. The number of unbranched alkanes of at least 4 members (excludes halogenated alkanes) is 1. The van der Waals surface area contributed by atoms with Crippen LogP contribution in [0.25, 0.3) is 11.0 Å². The molecule has 0 saturated carbocycles. The molecule has 2 bridgehead atoms. The van der Waals surface area contributed by atoms with Gasteiger partial charge in [0.15, 0.2) is 11.5 Å². The average Bonchev–Trinajstić information content (AvgIpc) is 3.99. The normalized spacial score (nSPS) is 18.8. The minimum absolute atomic E-state index is 0.100. The Hall–Kier alpha value is -6.03. The van der Waals surface area contributed by atoms with Crippen LogP contribution in [0.15, 0.2) is 91.3 Å². The number of aromatic nitrogens is 2. The fraction of sp³-hybridized carbons (Fsp3) is 0.412. The number of nitrogens with zero attached hydrogens (tertiary/aromatic N) is 4. The third-order valence-corrected chi connectivity index (χ3v) is 13.3. The zero-order valence-corrected chi connectivity index (χ0v) is 37.3. The first-order chi connectivity index (χ1) is 31.1. The number of halogens is 1. The number of anilines is 1. The zero-order chi connectivity index (χ0) is 44.2. The molecule has 6 heterocycles. The third kappa shape index (κ3) is 9.86. The first-order valence-electron chi connectivity index (χ1n) is 22.8. The van der Waals surface area contributed by atoms with Crippen molar-refractivity contribution >= 4 is 46.0 Å². The predicted molar refractivity (Wildman–Crippen MR) is 249 cm³/mol. The summed E-state index contributed by atoms with van der Waals surface area (Å²) >= 11 is 6.11. The lowest BCUT2D eigenvalue weighted by molar-refractivity contribution is -0.148. The van der Waals surface area contributed by atoms with Gasteiger partial charge in [-0.05, 0) is 104 Å². The van der Waals surface area contributed by atoms with Crippen LogP contribution in [-0.4, -0.2) is 89.3 Å². The Labute approximate surface area is 380 Å². The van der Waals surface area contributed by atoms with Gasteiger partial charge in [0, 0.05) is 111 Å². The third-order valence-electron chi connectivity index (χ3n) is 13.0. The summed E-state index contributed by atoms with van der Waals surface area (Å²) in [7, 11) is 0. The van der Waals surface area contributed by atoms with Crippen molar-refractivity contribution in [3.63, 3.8) is 0 Å². The number of carbonyl (C=O) groups is 3. The van der Waals surface area contributed by atoms with E-state index in [1.807, 2.05) is 59.6 Å². The molecule has 4 aliphatic heterocycles. The van der Waals surface area contributed by atoms with E-state index in [0.717, 1.165) is 55.5 Å². The highest BCUT2D eigenvalue weighted by Crippen LogP contribution is 2.44. The zero-order valence-electron chi connectivity index (χ0n) is 36.6. The van der Waals surface area contributed by atoms with Crippen molar-refractivity contribution < 1.29 is 23.9 Å². The molecule has 3 aromatic carbocycles. The van der Waals surface area contributed by atoms with E-state index in [-0.39, 0.29) is 29.6 Å². The second-order valence-electron chi connectivity index (χ2n) is 17.9. The molecule has 3 fully saturated rings. The Bertz CT molecular complexity index is 2540. The number of hydrogen-bond acceptors (Lipinski definition) is 8. The van der Waals surface area contributed by atoms with E-state index in [1.165, 1.54) is 24.1 Å². The first-order valence-corrected chi connectivity index (χ1v) is 23.2. The second-order valence-corrected chi connectivity index (χ2v) is 18.4. The molecule has 332 valence electrons. The number of likely N-dealkylation sites (tertiary alicyclic amines) is 1. The largest absolute Gasteiger partial charge is 0.448 e. The van der Waals surface area contributed by atoms with Crippen molar-refractivity contribution in [1.82, 2.24) is 30.4 Å². The molecule has 0 unspecified atom stereocenters. The molecule has 0 aliphatic carbocycles. The maximum Gasteiger partial charge on any atom is 0.296 e. The van der Waals surface area contributed by atoms with Gasteiger partial charge in [-0.1, -0.05) is 55.6 Å². The van der Waals surface area contributed by atoms with Crippen LogP contribution in [0.3, 0.4) is 0 Å². The molecular formula is C51H56ClN7O5. The Kier molecular flexibility index (Phi) is 12.8. The van der Waals surface area contributed by atoms with Gasteiger partial charge in [0.05, 0.1) is 11.5 Å². The molecule has 5 aromatic rings. The van der Waals surface area contributed by atoms with Gasteiger partial charge in [-0.3, -0.25) is 14.4 Å². The van der Waals surface area contributed by atoms with Crippen LogP contribution in [0, 0.1) is 17.8 Å². The molecule has 0 radical (unpaired) electrons. The molecule has 4 aliphatic rings. The molecule has 9 rings (SSSR count). The summed E-state index contributed by atoms with van der Waals surface area (Å²) in [6.07, 6.45) is 9.59. The summed E-state index contributed by atoms with van der Waals surface area (Å²) in [5, 5.41) is 11.2. The molecular weight excluding hydrogens is 826 g/mol. The van der Waals surface area contributed by atoms with Crippen molar-refractivity contribution in [1.29, 1.82) is 0 Å². The molecule has 3 atom stereocenters. The second kappa shape index (κ2) is 19.0. The number of benzene rings is 3. The molecule has 64 heavy (non-hydrogen) atoms. The number of rotatable bonds is 13. The van der Waals surface area contributed by atoms with Crippen molar-refractivity contribution in [2.75, 3.05) is 44.2 Å². The smallest absolute Gasteiger partial charge is 0.296 e. The van der Waals surface area contributed by atoms with E-state index in [4.69, 9.17) is 21.1 Å². The Balaban J connectivity index is 0.682. The van der Waals surface area contributed by atoms with Crippen molar-refractivity contribution in [3.05, 3.63) is 119 Å². The van der Waals surface area contributed by atoms with Gasteiger partial charge in [0.2, 0.25) is 5.91 Å². The van der Waals surface area contributed by atoms with Gasteiger partial charge < -0.3 is 39.8 Å². The highest BCUT2D eigenvalue weighted by atomic mass is 35.5. The first kappa shape index (κ1) is 43.2. The van der Waals surface area contributed by atoms with Crippen molar-refractivity contribution in [3.8, 4) is 23.3 Å². The highest BCUT2D eigenvalue weighted by Gasteiger charge is 2.46. The van der Waals surface area contributed by atoms with Crippen LogP contribution < -0.4 is 30.3 Å². The lowest BCUT2D eigenvalue weighted by atomic mass is 9.86. The maximum atomic E-state index is 13.7. The number of pyridine rings is 1. The van der Waals surface area contributed by atoms with E-state index in [2.05, 4.69) is 80.4 Å². The minimum Gasteiger partial charge on any atom is -0.448 e. The Morgan fingerprint density at radius 2 is 1.64 bits per heavy atom. The lowest BCUT2D eigenvalue weighted by Gasteiger charge is -2.39. The number of amides is 3. The molecule has 12 nitrogen and oxygen atoms in total. The number of nitrogens with one attached hydrogen (secondary N) is 3. The SMILES string of the molecule is CC(C)[C@H](C(=O)N1CCC2(CC1)Oc1ccc(C#CC(=O)NCCCCn3ccc4cc(C(=O)NCCc5ccc(N6C[C@H]7CC[C@@H](C6)N7)cc5)cnc43)cc1O2)c1ccc(Cl)cc1. The molecule has 1 spiro atoms. The summed E-state index contributed by atoms with van der Waals surface area (Å²) < 4.78 is 14.7. The number of carbonyl (C=O) groups excluding carboxylic acids is 3. The number of piperidine rings is 1. The minimum atomic E-state index is -0.835. The lowest BCUT2D eigenvalue weighted by Crippen LogP contribution is -2.52. The Morgan fingerprint density at radius 3 is 2.39 bits per heavy atom. The van der Waals surface area contributed by atoms with E-state index >= 15 is 0 Å². The van der Waals surface area contributed by atoms with E-state index < -0.39 is 5.79 Å². The van der Waals surface area contributed by atoms with Crippen LogP contribution in [-0.2, 0) is 22.6 Å². The number of ether oxygens (including phenoxy) is 2. The van der Waals surface area contributed by atoms with Crippen LogP contribution in [0.4, 0.5) is 5.69 Å². The molecule has 3 N–H and O–H groups in total. The van der Waals surface area contributed by atoms with Crippen LogP contribution >= 0.6 is 11.6 Å². The summed E-state index contributed by atoms with van der Waals surface area (Å²) in [6, 6.07) is 26.8. The number of aryl methyl sites for hydroxylation is 1. The topological polar surface area (TPSA) is 130 Å². The van der Waals surface area contributed by atoms with Crippen LogP contribution in [0.1, 0.15) is 85.3 Å².